The van der Waals surface area contributed by atoms with E-state index in [1.807, 2.05) is 6.92 Å². The van der Waals surface area contributed by atoms with E-state index in [9.17, 15) is 9.59 Å². The molecule has 0 spiro atoms. The summed E-state index contributed by atoms with van der Waals surface area (Å²) in [6.45, 7) is 3.71. The highest BCUT2D eigenvalue weighted by molar-refractivity contribution is 14.1. The summed E-state index contributed by atoms with van der Waals surface area (Å²) in [5, 5.41) is 11.1. The third kappa shape index (κ3) is 8.61. The largest absolute Gasteiger partial charge is 0.463 e. The molecule has 5 nitrogen and oxygen atoms in total. The second-order valence-corrected chi connectivity index (χ2v) is 4.29. The van der Waals surface area contributed by atoms with Crippen LogP contribution < -0.4 is 5.32 Å². The van der Waals surface area contributed by atoms with Crippen molar-refractivity contribution in [3.05, 3.63) is 0 Å². The molecule has 2 unspecified atom stereocenters. The number of hydrogen-bond acceptors (Lipinski definition) is 4. The molecule has 0 aromatic carbocycles. The van der Waals surface area contributed by atoms with Gasteiger partial charge in [-0.2, -0.15) is 0 Å². The number of amides is 1. The molecule has 0 rings (SSSR count). The average Bonchev–Trinajstić information content (AvgIpc) is 2.13. The van der Waals surface area contributed by atoms with Gasteiger partial charge in [0.1, 0.15) is 0 Å². The second kappa shape index (κ2) is 7.86. The standard InChI is InChI=1S/C9H16INO4/c1-3-6(2)15-8(13)5-4-7(12)11-9(10)14/h6,9,14H,3-5H2,1-2H3,(H,11,12). The maximum atomic E-state index is 11.1. The molecule has 1 amide bonds. The van der Waals surface area contributed by atoms with Gasteiger partial charge in [-0.15, -0.1) is 0 Å². The third-order valence-electron chi connectivity index (χ3n) is 1.74. The minimum Gasteiger partial charge on any atom is -0.463 e. The van der Waals surface area contributed by atoms with E-state index < -0.39 is 4.23 Å². The Hall–Kier alpha value is -0.370. The predicted octanol–water partition coefficient (Wildman–Crippen LogP) is 0.935. The molecule has 2 N–H and O–H groups in total. The fraction of sp³-hybridized carbons (Fsp3) is 0.778. The summed E-state index contributed by atoms with van der Waals surface area (Å²) in [6.07, 6.45) is 0.718. The first kappa shape index (κ1) is 14.6. The average molecular weight is 329 g/mol. The van der Waals surface area contributed by atoms with E-state index >= 15 is 0 Å². The van der Waals surface area contributed by atoms with Gasteiger partial charge in [0, 0.05) is 6.42 Å². The van der Waals surface area contributed by atoms with Crippen molar-refractivity contribution in [3.63, 3.8) is 0 Å². The van der Waals surface area contributed by atoms with E-state index in [2.05, 4.69) is 5.32 Å². The number of alkyl halides is 1. The summed E-state index contributed by atoms with van der Waals surface area (Å²) >= 11 is 1.65. The summed E-state index contributed by atoms with van der Waals surface area (Å²) in [5.74, 6) is -0.750. The maximum absolute atomic E-state index is 11.1. The molecule has 0 aliphatic carbocycles. The highest BCUT2D eigenvalue weighted by atomic mass is 127. The summed E-state index contributed by atoms with van der Waals surface area (Å²) in [6, 6.07) is 0. The van der Waals surface area contributed by atoms with Crippen LogP contribution in [-0.4, -0.2) is 27.3 Å². The van der Waals surface area contributed by atoms with Crippen LogP contribution in [0.15, 0.2) is 0 Å². The van der Waals surface area contributed by atoms with Crippen LogP contribution in [0.2, 0.25) is 0 Å². The predicted molar refractivity (Wildman–Crippen MR) is 63.2 cm³/mol. The van der Waals surface area contributed by atoms with E-state index in [1.165, 1.54) is 0 Å². The molecule has 0 aliphatic rings. The number of aliphatic hydroxyl groups excluding tert-OH is 1. The van der Waals surface area contributed by atoms with E-state index in [1.54, 1.807) is 29.5 Å². The zero-order chi connectivity index (χ0) is 11.8. The molecule has 2 atom stereocenters. The van der Waals surface area contributed by atoms with Crippen molar-refractivity contribution in [1.82, 2.24) is 5.32 Å². The topological polar surface area (TPSA) is 75.6 Å². The number of carbonyl (C=O) groups excluding carboxylic acids is 2. The lowest BCUT2D eigenvalue weighted by Gasteiger charge is -2.10. The minimum atomic E-state index is -0.916. The van der Waals surface area contributed by atoms with Gasteiger partial charge < -0.3 is 15.2 Å². The number of esters is 1. The smallest absolute Gasteiger partial charge is 0.306 e. The van der Waals surface area contributed by atoms with Gasteiger partial charge in [0.05, 0.1) is 12.5 Å². The Morgan fingerprint density at radius 2 is 2.07 bits per heavy atom. The van der Waals surface area contributed by atoms with Crippen LogP contribution in [-0.2, 0) is 14.3 Å². The lowest BCUT2D eigenvalue weighted by Crippen LogP contribution is -2.30. The Morgan fingerprint density at radius 1 is 1.47 bits per heavy atom. The van der Waals surface area contributed by atoms with Gasteiger partial charge in [0.2, 0.25) is 5.91 Å². The fourth-order valence-electron chi connectivity index (χ4n) is 0.787. The Kier molecular flexibility index (Phi) is 7.67. The van der Waals surface area contributed by atoms with E-state index in [-0.39, 0.29) is 30.8 Å². The molecule has 0 heterocycles. The maximum Gasteiger partial charge on any atom is 0.306 e. The number of carbonyl (C=O) groups is 2. The summed E-state index contributed by atoms with van der Waals surface area (Å²) in [4.78, 5) is 22.2. The van der Waals surface area contributed by atoms with Gasteiger partial charge in [-0.05, 0) is 35.9 Å². The van der Waals surface area contributed by atoms with Crippen LogP contribution in [0.25, 0.3) is 0 Å². The number of rotatable bonds is 6. The molecular formula is C9H16INO4. The van der Waals surface area contributed by atoms with E-state index in [0.29, 0.717) is 0 Å². The number of halogens is 1. The highest BCUT2D eigenvalue weighted by Crippen LogP contribution is 2.01. The van der Waals surface area contributed by atoms with E-state index in [0.717, 1.165) is 6.42 Å². The van der Waals surface area contributed by atoms with Crippen LogP contribution in [0, 0.1) is 0 Å². The Morgan fingerprint density at radius 3 is 2.53 bits per heavy atom. The van der Waals surface area contributed by atoms with Crippen LogP contribution >= 0.6 is 22.6 Å². The van der Waals surface area contributed by atoms with Gasteiger partial charge in [-0.3, -0.25) is 9.59 Å². The van der Waals surface area contributed by atoms with Crippen molar-refractivity contribution >= 4 is 34.5 Å². The first-order valence-corrected chi connectivity index (χ1v) is 6.01. The van der Waals surface area contributed by atoms with Crippen molar-refractivity contribution in [2.24, 2.45) is 0 Å². The summed E-state index contributed by atoms with van der Waals surface area (Å²) in [5.41, 5.74) is 0. The monoisotopic (exact) mass is 329 g/mol. The van der Waals surface area contributed by atoms with Crippen molar-refractivity contribution in [3.8, 4) is 0 Å². The number of aliphatic hydroxyl groups is 1. The van der Waals surface area contributed by atoms with Crippen molar-refractivity contribution in [2.75, 3.05) is 0 Å². The lowest BCUT2D eigenvalue weighted by atomic mass is 10.3. The summed E-state index contributed by atoms with van der Waals surface area (Å²) < 4.78 is 4.06. The van der Waals surface area contributed by atoms with Crippen LogP contribution in [0.4, 0.5) is 0 Å². The Bertz CT molecular complexity index is 220. The molecule has 0 aromatic rings. The molecule has 0 bridgehead atoms. The molecule has 0 saturated heterocycles. The van der Waals surface area contributed by atoms with Gasteiger partial charge >= 0.3 is 5.97 Å². The molecule has 88 valence electrons. The SMILES string of the molecule is CCC(C)OC(=O)CCC(=O)NC(O)I. The Balaban J connectivity index is 3.66. The van der Waals surface area contributed by atoms with Crippen LogP contribution in [0.5, 0.6) is 0 Å². The van der Waals surface area contributed by atoms with Gasteiger partial charge in [0.15, 0.2) is 4.23 Å². The summed E-state index contributed by atoms with van der Waals surface area (Å²) in [7, 11) is 0. The third-order valence-corrected chi connectivity index (χ3v) is 2.06. The molecule has 0 aliphatic heterocycles. The first-order chi connectivity index (χ1) is 6.95. The molecule has 0 radical (unpaired) electrons. The molecule has 0 saturated carbocycles. The van der Waals surface area contributed by atoms with Crippen molar-refractivity contribution in [1.29, 1.82) is 0 Å². The molecule has 0 fully saturated rings. The van der Waals surface area contributed by atoms with Crippen LogP contribution in [0.1, 0.15) is 33.1 Å². The van der Waals surface area contributed by atoms with Crippen LogP contribution in [0.3, 0.4) is 0 Å². The molecule has 6 heteroatoms. The quantitative estimate of drug-likeness (QED) is 0.250. The number of hydrogen-bond donors (Lipinski definition) is 2. The van der Waals surface area contributed by atoms with Crippen molar-refractivity contribution < 1.29 is 19.4 Å². The second-order valence-electron chi connectivity index (χ2n) is 3.11. The minimum absolute atomic E-state index is 0.0370. The molecule has 0 aromatic heterocycles. The normalized spacial score (nSPS) is 14.1. The van der Waals surface area contributed by atoms with Gasteiger partial charge in [0.25, 0.3) is 0 Å². The zero-order valence-electron chi connectivity index (χ0n) is 8.83. The number of ether oxygens (including phenoxy) is 1. The van der Waals surface area contributed by atoms with Gasteiger partial charge in [-0.25, -0.2) is 0 Å². The molecular weight excluding hydrogens is 313 g/mol. The zero-order valence-corrected chi connectivity index (χ0v) is 11.0. The number of nitrogens with one attached hydrogen (secondary N) is 1. The fourth-order valence-corrected chi connectivity index (χ4v) is 1.13. The van der Waals surface area contributed by atoms with E-state index in [4.69, 9.17) is 9.84 Å². The van der Waals surface area contributed by atoms with Gasteiger partial charge in [-0.1, -0.05) is 6.92 Å². The van der Waals surface area contributed by atoms with Crippen molar-refractivity contribution in [2.45, 2.75) is 43.4 Å². The molecule has 15 heavy (non-hydrogen) atoms. The Labute approximate surface area is 103 Å². The first-order valence-electron chi connectivity index (χ1n) is 4.76. The lowest BCUT2D eigenvalue weighted by molar-refractivity contribution is -0.149. The highest BCUT2D eigenvalue weighted by Gasteiger charge is 2.11.